The first-order valence-corrected chi connectivity index (χ1v) is 10.8. The van der Waals surface area contributed by atoms with Crippen molar-refractivity contribution in [3.8, 4) is 5.75 Å². The quantitative estimate of drug-likeness (QED) is 0.480. The number of esters is 1. The van der Waals surface area contributed by atoms with E-state index < -0.39 is 49.0 Å². The van der Waals surface area contributed by atoms with E-state index >= 15 is 0 Å². The number of carbonyl (C=O) groups is 1. The topological polar surface area (TPSA) is 92.7 Å². The Morgan fingerprint density at radius 3 is 2.55 bits per heavy atom. The number of sulfonamides is 1. The summed E-state index contributed by atoms with van der Waals surface area (Å²) in [5, 5.41) is 9.74. The van der Waals surface area contributed by atoms with Gasteiger partial charge in [-0.3, -0.25) is 4.72 Å². The number of hydrogen-bond donors (Lipinski definition) is 2. The third-order valence-electron chi connectivity index (χ3n) is 4.69. The third-order valence-corrected chi connectivity index (χ3v) is 6.36. The van der Waals surface area contributed by atoms with E-state index in [9.17, 15) is 27.1 Å². The number of halogens is 3. The molecule has 31 heavy (non-hydrogen) atoms. The van der Waals surface area contributed by atoms with E-state index in [2.05, 4.69) is 0 Å². The molecule has 10 heteroatoms. The number of carbonyl (C=O) groups excluding carboxylic acids is 1. The first kappa shape index (κ1) is 21.1. The van der Waals surface area contributed by atoms with Gasteiger partial charge in [-0.15, -0.1) is 0 Å². The van der Waals surface area contributed by atoms with Gasteiger partial charge < -0.3 is 9.84 Å². The standard InChI is InChI=1S/C21H14ClF2NO5S/c22-15-6-14-8-19(20(15)26)31(28,29)25-18-7-13(16(23)9-17(18)24)5-11-2-1-3-12(4-11)10-30-21(14)27/h1-4,6-9,25-26H,5,10H2. The molecule has 0 aromatic heterocycles. The highest BCUT2D eigenvalue weighted by atomic mass is 35.5. The van der Waals surface area contributed by atoms with Gasteiger partial charge in [-0.25, -0.2) is 22.0 Å². The predicted molar refractivity (Wildman–Crippen MR) is 109 cm³/mol. The molecule has 0 radical (unpaired) electrons. The fraction of sp³-hybridized carbons (Fsp3) is 0.0952. The highest BCUT2D eigenvalue weighted by Crippen LogP contribution is 2.34. The van der Waals surface area contributed by atoms with Gasteiger partial charge in [0.2, 0.25) is 0 Å². The molecule has 0 spiro atoms. The van der Waals surface area contributed by atoms with Crippen LogP contribution in [-0.2, 0) is 27.8 Å². The average Bonchev–Trinajstić information content (AvgIpc) is 2.71. The van der Waals surface area contributed by atoms with Gasteiger partial charge in [-0.2, -0.15) is 0 Å². The fourth-order valence-electron chi connectivity index (χ4n) is 3.19. The van der Waals surface area contributed by atoms with Gasteiger partial charge in [0.1, 0.15) is 23.1 Å². The van der Waals surface area contributed by atoms with Crippen LogP contribution in [0.1, 0.15) is 27.0 Å². The van der Waals surface area contributed by atoms with Crippen molar-refractivity contribution in [2.24, 2.45) is 0 Å². The molecule has 2 N–H and O–H groups in total. The maximum atomic E-state index is 14.4. The molecule has 1 aliphatic heterocycles. The van der Waals surface area contributed by atoms with Gasteiger partial charge >= 0.3 is 5.97 Å². The third kappa shape index (κ3) is 4.19. The Hall–Kier alpha value is -3.17. The lowest BCUT2D eigenvalue weighted by atomic mass is 10.0. The Bertz CT molecular complexity index is 1330. The van der Waals surface area contributed by atoms with Crippen LogP contribution in [-0.4, -0.2) is 19.5 Å². The van der Waals surface area contributed by atoms with Crippen LogP contribution in [0.5, 0.6) is 5.75 Å². The maximum absolute atomic E-state index is 14.4. The van der Waals surface area contributed by atoms with E-state index in [1.807, 2.05) is 4.72 Å². The number of ether oxygens (including phenoxy) is 1. The molecule has 0 fully saturated rings. The fourth-order valence-corrected chi connectivity index (χ4v) is 4.66. The van der Waals surface area contributed by atoms with Crippen molar-refractivity contribution in [2.75, 3.05) is 4.72 Å². The summed E-state index contributed by atoms with van der Waals surface area (Å²) in [5.41, 5.74) is 0.544. The summed E-state index contributed by atoms with van der Waals surface area (Å²) < 4.78 is 61.6. The summed E-state index contributed by atoms with van der Waals surface area (Å²) in [4.78, 5) is 11.7. The molecule has 160 valence electrons. The summed E-state index contributed by atoms with van der Waals surface area (Å²) in [6.07, 6.45) is 0.0352. The number of anilines is 1. The number of fused-ring (bicyclic) bond motifs is 6. The molecule has 1 heterocycles. The van der Waals surface area contributed by atoms with Crippen molar-refractivity contribution < 1.29 is 31.8 Å². The molecule has 0 saturated carbocycles. The summed E-state index contributed by atoms with van der Waals surface area (Å²) >= 11 is 5.90. The molecule has 0 atom stereocenters. The zero-order valence-corrected chi connectivity index (χ0v) is 17.2. The minimum atomic E-state index is -4.60. The number of cyclic esters (lactones) is 1. The van der Waals surface area contributed by atoms with Crippen molar-refractivity contribution in [2.45, 2.75) is 17.9 Å². The Morgan fingerprint density at radius 1 is 1.03 bits per heavy atom. The smallest absolute Gasteiger partial charge is 0.338 e. The minimum absolute atomic E-state index is 0.0352. The van der Waals surface area contributed by atoms with Gasteiger partial charge in [0.05, 0.1) is 16.3 Å². The molecule has 3 aromatic carbocycles. The number of benzene rings is 3. The van der Waals surface area contributed by atoms with Crippen molar-refractivity contribution >= 4 is 33.3 Å². The molecule has 0 unspecified atom stereocenters. The highest BCUT2D eigenvalue weighted by molar-refractivity contribution is 7.92. The number of aromatic hydroxyl groups is 1. The molecule has 1 aliphatic rings. The zero-order chi connectivity index (χ0) is 22.3. The van der Waals surface area contributed by atoms with Crippen LogP contribution < -0.4 is 4.72 Å². The molecular formula is C21H14ClF2NO5S. The van der Waals surface area contributed by atoms with Crippen molar-refractivity contribution in [1.29, 1.82) is 0 Å². The van der Waals surface area contributed by atoms with E-state index in [0.29, 0.717) is 17.2 Å². The van der Waals surface area contributed by atoms with Crippen LogP contribution in [0, 0.1) is 11.6 Å². The van der Waals surface area contributed by atoms with Gasteiger partial charge in [0.25, 0.3) is 10.0 Å². The lowest BCUT2D eigenvalue weighted by Gasteiger charge is -2.14. The van der Waals surface area contributed by atoms with Crippen molar-refractivity contribution in [3.05, 3.63) is 87.4 Å². The largest absolute Gasteiger partial charge is 0.505 e. The van der Waals surface area contributed by atoms with E-state index in [1.165, 1.54) is 0 Å². The van der Waals surface area contributed by atoms with Crippen LogP contribution in [0.15, 0.2) is 53.4 Å². The zero-order valence-electron chi connectivity index (χ0n) is 15.7. The molecule has 0 saturated heterocycles. The minimum Gasteiger partial charge on any atom is -0.505 e. The Kier molecular flexibility index (Phi) is 5.32. The van der Waals surface area contributed by atoms with Crippen LogP contribution in [0.4, 0.5) is 14.5 Å². The molecule has 0 aliphatic carbocycles. The monoisotopic (exact) mass is 465 g/mol. The normalized spacial score (nSPS) is 15.3. The second-order valence-electron chi connectivity index (χ2n) is 6.91. The molecule has 6 bridgehead atoms. The van der Waals surface area contributed by atoms with Gasteiger partial charge in [-0.1, -0.05) is 35.9 Å². The van der Waals surface area contributed by atoms with E-state index in [4.69, 9.17) is 16.3 Å². The first-order chi connectivity index (χ1) is 14.6. The summed E-state index contributed by atoms with van der Waals surface area (Å²) in [5.74, 6) is -3.71. The van der Waals surface area contributed by atoms with E-state index in [0.717, 1.165) is 18.2 Å². The number of nitrogens with one attached hydrogen (secondary N) is 1. The number of rotatable bonds is 0. The number of phenols is 1. The molecule has 3 aromatic rings. The summed E-state index contributed by atoms with van der Waals surface area (Å²) in [6.45, 7) is -0.136. The van der Waals surface area contributed by atoms with Crippen LogP contribution in [0.3, 0.4) is 0 Å². The maximum Gasteiger partial charge on any atom is 0.338 e. The van der Waals surface area contributed by atoms with E-state index in [1.54, 1.807) is 24.3 Å². The SMILES string of the molecule is O=C1OCc2cccc(c2)Cc2cc(c(F)cc2F)NS(=O)(=O)c2cc1cc(Cl)c2O. The van der Waals surface area contributed by atoms with Gasteiger partial charge in [0, 0.05) is 12.5 Å². The number of hydrogen-bond acceptors (Lipinski definition) is 5. The second-order valence-corrected chi connectivity index (χ2v) is 8.96. The molecule has 6 nitrogen and oxygen atoms in total. The average molecular weight is 466 g/mol. The Labute approximate surface area is 181 Å². The summed E-state index contributed by atoms with van der Waals surface area (Å²) in [7, 11) is -4.60. The Morgan fingerprint density at radius 2 is 1.77 bits per heavy atom. The van der Waals surface area contributed by atoms with Gasteiger partial charge in [0.15, 0.2) is 5.75 Å². The van der Waals surface area contributed by atoms with Crippen molar-refractivity contribution in [3.63, 3.8) is 0 Å². The second kappa shape index (κ2) is 7.82. The first-order valence-electron chi connectivity index (χ1n) is 8.92. The lowest BCUT2D eigenvalue weighted by molar-refractivity contribution is 0.0472. The molecular weight excluding hydrogens is 452 g/mol. The molecule has 4 rings (SSSR count). The van der Waals surface area contributed by atoms with Crippen molar-refractivity contribution in [1.82, 2.24) is 0 Å². The number of phenolic OH excluding ortho intramolecular Hbond substituents is 1. The highest BCUT2D eigenvalue weighted by Gasteiger charge is 2.26. The van der Waals surface area contributed by atoms with Crippen LogP contribution in [0.25, 0.3) is 0 Å². The van der Waals surface area contributed by atoms with Gasteiger partial charge in [-0.05, 0) is 34.9 Å². The summed E-state index contributed by atoms with van der Waals surface area (Å²) in [6, 6.07) is 10.3. The Balaban J connectivity index is 1.93. The van der Waals surface area contributed by atoms with Crippen LogP contribution >= 0.6 is 11.6 Å². The van der Waals surface area contributed by atoms with Crippen LogP contribution in [0.2, 0.25) is 5.02 Å². The lowest BCUT2D eigenvalue weighted by Crippen LogP contribution is -2.16. The van der Waals surface area contributed by atoms with E-state index in [-0.39, 0.29) is 24.2 Å². The predicted octanol–water partition coefficient (Wildman–Crippen LogP) is 4.39. The molecule has 0 amide bonds.